The van der Waals surface area contributed by atoms with Gasteiger partial charge in [0.1, 0.15) is 18.0 Å². The Bertz CT molecular complexity index is 962. The number of nitrogens with zero attached hydrogens (tertiary/aromatic N) is 5. The molecule has 0 radical (unpaired) electrons. The first-order valence-corrected chi connectivity index (χ1v) is 9.79. The minimum atomic E-state index is -1.13. The number of alkyl halides is 1. The van der Waals surface area contributed by atoms with E-state index in [0.29, 0.717) is 12.1 Å². The summed E-state index contributed by atoms with van der Waals surface area (Å²) < 4.78 is 27.7. The van der Waals surface area contributed by atoms with Crippen molar-refractivity contribution >= 4 is 22.5 Å². The molecule has 1 amide bonds. The average molecular weight is 399 g/mol. The van der Waals surface area contributed by atoms with Crippen molar-refractivity contribution in [2.45, 2.75) is 31.1 Å². The number of amides is 1. The quantitative estimate of drug-likeness (QED) is 0.790. The molecule has 0 aliphatic carbocycles. The molecule has 152 valence electrons. The van der Waals surface area contributed by atoms with Crippen LogP contribution in [0.3, 0.4) is 0 Å². The molecule has 0 saturated carbocycles. The van der Waals surface area contributed by atoms with Crippen LogP contribution < -0.4 is 4.90 Å². The summed E-state index contributed by atoms with van der Waals surface area (Å²) in [5.74, 6) is -0.541. The zero-order chi connectivity index (χ0) is 20.5. The number of carbonyl (C=O) groups is 1. The van der Waals surface area contributed by atoms with Gasteiger partial charge in [0.25, 0.3) is 0 Å². The lowest BCUT2D eigenvalue weighted by Gasteiger charge is -2.28. The molecule has 1 aromatic carbocycles. The first-order valence-electron chi connectivity index (χ1n) is 9.79. The number of rotatable bonds is 4. The van der Waals surface area contributed by atoms with Crippen molar-refractivity contribution < 1.29 is 13.6 Å². The summed E-state index contributed by atoms with van der Waals surface area (Å²) in [5, 5.41) is 10.0. The molecule has 0 bridgehead atoms. The van der Waals surface area contributed by atoms with Crippen molar-refractivity contribution in [3.8, 4) is 6.07 Å². The molecule has 1 aromatic heterocycles. The fourth-order valence-corrected chi connectivity index (χ4v) is 4.36. The number of hydrogen-bond acceptors (Lipinski definition) is 5. The lowest BCUT2D eigenvalue weighted by atomic mass is 10.1. The Kier molecular flexibility index (Phi) is 5.33. The highest BCUT2D eigenvalue weighted by Crippen LogP contribution is 2.30. The van der Waals surface area contributed by atoms with Crippen molar-refractivity contribution in [3.05, 3.63) is 36.3 Å². The normalized spacial score (nSPS) is 24.8. The highest BCUT2D eigenvalue weighted by atomic mass is 19.1. The van der Waals surface area contributed by atoms with Gasteiger partial charge in [-0.3, -0.25) is 14.7 Å². The lowest BCUT2D eigenvalue weighted by molar-refractivity contribution is -0.132. The van der Waals surface area contributed by atoms with Crippen LogP contribution in [0.5, 0.6) is 0 Å². The van der Waals surface area contributed by atoms with E-state index < -0.39 is 12.2 Å². The monoisotopic (exact) mass is 399 g/mol. The lowest BCUT2D eigenvalue weighted by Crippen LogP contribution is -2.43. The Hall–Kier alpha value is -2.79. The van der Waals surface area contributed by atoms with Crippen LogP contribution >= 0.6 is 0 Å². The standard InChI is InChI=1S/C21H23F2N5O/c1-26(20-9-14(22)8-19-18(20)3-2-5-25-19)16-4-6-27(12-16)13-21(29)28-11-15(23)7-17(28)10-24/h2-3,5,8-9,15-17H,4,6-7,11-13H2,1H3/t15-,16-,17-/m0/s1. The Balaban J connectivity index is 1.44. The Morgan fingerprint density at radius 3 is 3.03 bits per heavy atom. The van der Waals surface area contributed by atoms with Crippen LogP contribution in [0.2, 0.25) is 0 Å². The number of benzene rings is 1. The summed E-state index contributed by atoms with van der Waals surface area (Å²) in [6, 6.07) is 8.15. The number of carbonyl (C=O) groups excluding carboxylic acids is 1. The zero-order valence-electron chi connectivity index (χ0n) is 16.3. The molecule has 0 N–H and O–H groups in total. The molecule has 2 saturated heterocycles. The number of likely N-dealkylation sites (tertiary alicyclic amines) is 2. The maximum absolute atomic E-state index is 14.1. The highest BCUT2D eigenvalue weighted by molar-refractivity contribution is 5.91. The van der Waals surface area contributed by atoms with Crippen LogP contribution in [0.1, 0.15) is 12.8 Å². The minimum absolute atomic E-state index is 0.00346. The van der Waals surface area contributed by atoms with Crippen molar-refractivity contribution in [2.24, 2.45) is 0 Å². The molecular weight excluding hydrogens is 376 g/mol. The van der Waals surface area contributed by atoms with Crippen LogP contribution in [0.25, 0.3) is 10.9 Å². The number of likely N-dealkylation sites (N-methyl/N-ethyl adjacent to an activating group) is 1. The van der Waals surface area contributed by atoms with E-state index in [1.807, 2.05) is 35.0 Å². The highest BCUT2D eigenvalue weighted by Gasteiger charge is 2.37. The van der Waals surface area contributed by atoms with Crippen LogP contribution in [-0.4, -0.2) is 72.2 Å². The number of halogens is 2. The first-order chi connectivity index (χ1) is 14.0. The largest absolute Gasteiger partial charge is 0.370 e. The van der Waals surface area contributed by atoms with E-state index in [1.165, 1.54) is 17.0 Å². The van der Waals surface area contributed by atoms with E-state index in [2.05, 4.69) is 4.98 Å². The number of fused-ring (bicyclic) bond motifs is 1. The second-order valence-corrected chi connectivity index (χ2v) is 7.81. The van der Waals surface area contributed by atoms with Gasteiger partial charge >= 0.3 is 0 Å². The smallest absolute Gasteiger partial charge is 0.237 e. The van der Waals surface area contributed by atoms with Gasteiger partial charge < -0.3 is 9.80 Å². The van der Waals surface area contributed by atoms with Crippen molar-refractivity contribution in [2.75, 3.05) is 38.1 Å². The van der Waals surface area contributed by atoms with Crippen molar-refractivity contribution in [1.29, 1.82) is 5.26 Å². The van der Waals surface area contributed by atoms with E-state index in [0.717, 1.165) is 24.0 Å². The molecule has 3 atom stereocenters. The second kappa shape index (κ2) is 7.91. The number of pyridine rings is 1. The topological polar surface area (TPSA) is 63.5 Å². The summed E-state index contributed by atoms with van der Waals surface area (Å²) in [5.41, 5.74) is 1.38. The molecule has 4 rings (SSSR count). The van der Waals surface area contributed by atoms with E-state index in [-0.39, 0.29) is 37.3 Å². The second-order valence-electron chi connectivity index (χ2n) is 7.81. The zero-order valence-corrected chi connectivity index (χ0v) is 16.3. The predicted octanol–water partition coefficient (Wildman–Crippen LogP) is 2.35. The van der Waals surface area contributed by atoms with Crippen LogP contribution in [0, 0.1) is 17.1 Å². The van der Waals surface area contributed by atoms with E-state index in [1.54, 1.807) is 6.20 Å². The molecule has 6 nitrogen and oxygen atoms in total. The fraction of sp³-hybridized carbons (Fsp3) is 0.476. The number of nitriles is 1. The molecular formula is C21H23F2N5O. The van der Waals surface area contributed by atoms with Gasteiger partial charge in [0.15, 0.2) is 0 Å². The Labute approximate surface area is 168 Å². The number of hydrogen-bond donors (Lipinski definition) is 0. The van der Waals surface area contributed by atoms with Crippen molar-refractivity contribution in [1.82, 2.24) is 14.8 Å². The molecule has 2 aliphatic heterocycles. The molecule has 2 aliphatic rings. The Morgan fingerprint density at radius 1 is 1.41 bits per heavy atom. The minimum Gasteiger partial charge on any atom is -0.370 e. The number of anilines is 1. The van der Waals surface area contributed by atoms with Gasteiger partial charge in [-0.05, 0) is 24.6 Å². The van der Waals surface area contributed by atoms with Crippen LogP contribution in [0.15, 0.2) is 30.5 Å². The maximum atomic E-state index is 14.1. The molecule has 29 heavy (non-hydrogen) atoms. The van der Waals surface area contributed by atoms with Gasteiger partial charge in [0.05, 0.1) is 24.7 Å². The fourth-order valence-electron chi connectivity index (χ4n) is 4.36. The summed E-state index contributed by atoms with van der Waals surface area (Å²) in [6.45, 7) is 1.53. The molecule has 8 heteroatoms. The molecule has 0 unspecified atom stereocenters. The van der Waals surface area contributed by atoms with E-state index in [4.69, 9.17) is 5.26 Å². The van der Waals surface area contributed by atoms with Crippen LogP contribution in [0.4, 0.5) is 14.5 Å². The SMILES string of the molecule is CN(c1cc(F)cc2ncccc12)[C@H]1CCN(CC(=O)N2C[C@@H](F)C[C@H]2C#N)C1. The molecule has 3 heterocycles. The maximum Gasteiger partial charge on any atom is 0.237 e. The molecule has 2 fully saturated rings. The van der Waals surface area contributed by atoms with Gasteiger partial charge in [0, 0.05) is 55.9 Å². The third-order valence-electron chi connectivity index (χ3n) is 5.92. The van der Waals surface area contributed by atoms with Gasteiger partial charge in [-0.15, -0.1) is 0 Å². The number of aromatic nitrogens is 1. The average Bonchev–Trinajstić information content (AvgIpc) is 3.33. The summed E-state index contributed by atoms with van der Waals surface area (Å²) in [6.07, 6.45) is 1.43. The van der Waals surface area contributed by atoms with Gasteiger partial charge in [-0.25, -0.2) is 8.78 Å². The predicted molar refractivity (Wildman–Crippen MR) is 106 cm³/mol. The summed E-state index contributed by atoms with van der Waals surface area (Å²) in [4.78, 5) is 22.2. The summed E-state index contributed by atoms with van der Waals surface area (Å²) >= 11 is 0. The van der Waals surface area contributed by atoms with Crippen LogP contribution in [-0.2, 0) is 4.79 Å². The van der Waals surface area contributed by atoms with Gasteiger partial charge in [-0.1, -0.05) is 0 Å². The Morgan fingerprint density at radius 2 is 2.24 bits per heavy atom. The van der Waals surface area contributed by atoms with Gasteiger partial charge in [-0.2, -0.15) is 5.26 Å². The third-order valence-corrected chi connectivity index (χ3v) is 5.92. The summed E-state index contributed by atoms with van der Waals surface area (Å²) in [7, 11) is 1.93. The molecule has 0 spiro atoms. The first kappa shape index (κ1) is 19.5. The molecule has 2 aromatic rings. The van der Waals surface area contributed by atoms with Crippen molar-refractivity contribution in [3.63, 3.8) is 0 Å². The van der Waals surface area contributed by atoms with E-state index >= 15 is 0 Å². The van der Waals surface area contributed by atoms with Gasteiger partial charge in [0.2, 0.25) is 5.91 Å². The van der Waals surface area contributed by atoms with E-state index in [9.17, 15) is 13.6 Å². The third kappa shape index (κ3) is 3.87.